The molecule has 0 radical (unpaired) electrons. The van der Waals surface area contributed by atoms with Crippen molar-refractivity contribution in [1.29, 1.82) is 0 Å². The SMILES string of the molecule is CCc1c(NC)ncnc1NCc1ccco1. The first kappa shape index (κ1) is 11.4. The zero-order chi connectivity index (χ0) is 12.1. The lowest BCUT2D eigenvalue weighted by atomic mass is 10.2. The number of aromatic nitrogens is 2. The number of nitrogens with zero attached hydrogens (tertiary/aromatic N) is 2. The Balaban J connectivity index is 2.14. The zero-order valence-electron chi connectivity index (χ0n) is 10.0. The van der Waals surface area contributed by atoms with Gasteiger partial charge in [0.2, 0.25) is 0 Å². The summed E-state index contributed by atoms with van der Waals surface area (Å²) in [6.07, 6.45) is 4.09. The predicted octanol–water partition coefficient (Wildman–Crippen LogP) is 2.29. The van der Waals surface area contributed by atoms with E-state index in [-0.39, 0.29) is 0 Å². The van der Waals surface area contributed by atoms with Crippen LogP contribution in [0.5, 0.6) is 0 Å². The van der Waals surface area contributed by atoms with Gasteiger partial charge in [-0.05, 0) is 18.6 Å². The Morgan fingerprint density at radius 2 is 2.12 bits per heavy atom. The van der Waals surface area contributed by atoms with Gasteiger partial charge in [0.05, 0.1) is 12.8 Å². The molecule has 0 aromatic carbocycles. The van der Waals surface area contributed by atoms with E-state index in [2.05, 4.69) is 27.5 Å². The van der Waals surface area contributed by atoms with Crippen LogP contribution in [0.4, 0.5) is 11.6 Å². The van der Waals surface area contributed by atoms with E-state index in [4.69, 9.17) is 4.42 Å². The van der Waals surface area contributed by atoms with Crippen LogP contribution < -0.4 is 10.6 Å². The quantitative estimate of drug-likeness (QED) is 0.828. The first-order valence-corrected chi connectivity index (χ1v) is 5.63. The topological polar surface area (TPSA) is 63.0 Å². The van der Waals surface area contributed by atoms with Crippen LogP contribution in [0.1, 0.15) is 18.2 Å². The Morgan fingerprint density at radius 3 is 2.76 bits per heavy atom. The molecule has 5 nitrogen and oxygen atoms in total. The standard InChI is InChI=1S/C12H16N4O/c1-3-10-11(13-2)15-8-16-12(10)14-7-9-5-4-6-17-9/h4-6,8H,3,7H2,1-2H3,(H2,13,14,15,16). The summed E-state index contributed by atoms with van der Waals surface area (Å²) in [5, 5.41) is 6.32. The van der Waals surface area contributed by atoms with Gasteiger partial charge in [0, 0.05) is 12.6 Å². The van der Waals surface area contributed by atoms with E-state index in [0.29, 0.717) is 6.54 Å². The minimum absolute atomic E-state index is 0.625. The van der Waals surface area contributed by atoms with Crippen LogP contribution in [-0.2, 0) is 13.0 Å². The second-order valence-electron chi connectivity index (χ2n) is 3.59. The van der Waals surface area contributed by atoms with E-state index in [1.165, 1.54) is 0 Å². The van der Waals surface area contributed by atoms with Crippen molar-refractivity contribution >= 4 is 11.6 Å². The molecule has 90 valence electrons. The molecule has 2 aromatic rings. The summed E-state index contributed by atoms with van der Waals surface area (Å²) in [5.41, 5.74) is 1.08. The maximum Gasteiger partial charge on any atom is 0.135 e. The monoisotopic (exact) mass is 232 g/mol. The summed E-state index contributed by atoms with van der Waals surface area (Å²) in [6, 6.07) is 3.80. The molecule has 0 fully saturated rings. The molecule has 2 heterocycles. The molecule has 0 saturated heterocycles. The number of anilines is 2. The van der Waals surface area contributed by atoms with Crippen molar-refractivity contribution in [2.24, 2.45) is 0 Å². The van der Waals surface area contributed by atoms with Gasteiger partial charge >= 0.3 is 0 Å². The number of furan rings is 1. The number of nitrogens with one attached hydrogen (secondary N) is 2. The summed E-state index contributed by atoms with van der Waals surface area (Å²) in [5.74, 6) is 2.60. The minimum Gasteiger partial charge on any atom is -0.467 e. The van der Waals surface area contributed by atoms with E-state index < -0.39 is 0 Å². The van der Waals surface area contributed by atoms with E-state index >= 15 is 0 Å². The van der Waals surface area contributed by atoms with Crippen molar-refractivity contribution < 1.29 is 4.42 Å². The fraction of sp³-hybridized carbons (Fsp3) is 0.333. The van der Waals surface area contributed by atoms with Crippen molar-refractivity contribution in [2.45, 2.75) is 19.9 Å². The van der Waals surface area contributed by atoms with Crippen LogP contribution in [0.15, 0.2) is 29.1 Å². The van der Waals surface area contributed by atoms with Gasteiger partial charge < -0.3 is 15.1 Å². The van der Waals surface area contributed by atoms with Crippen LogP contribution in [0.25, 0.3) is 0 Å². The van der Waals surface area contributed by atoms with Gasteiger partial charge in [-0.2, -0.15) is 0 Å². The van der Waals surface area contributed by atoms with Gasteiger partial charge in [-0.3, -0.25) is 0 Å². The molecule has 5 heteroatoms. The molecule has 0 saturated carbocycles. The molecule has 0 bridgehead atoms. The van der Waals surface area contributed by atoms with Crippen LogP contribution in [0.3, 0.4) is 0 Å². The van der Waals surface area contributed by atoms with Crippen molar-refractivity contribution in [1.82, 2.24) is 9.97 Å². The van der Waals surface area contributed by atoms with Crippen molar-refractivity contribution in [3.8, 4) is 0 Å². The highest BCUT2D eigenvalue weighted by molar-refractivity contribution is 5.57. The van der Waals surface area contributed by atoms with Crippen molar-refractivity contribution in [3.63, 3.8) is 0 Å². The van der Waals surface area contributed by atoms with Gasteiger partial charge in [0.15, 0.2) is 0 Å². The average Bonchev–Trinajstić information content (AvgIpc) is 2.88. The van der Waals surface area contributed by atoms with Gasteiger partial charge in [-0.1, -0.05) is 6.92 Å². The van der Waals surface area contributed by atoms with Crippen molar-refractivity contribution in [3.05, 3.63) is 36.0 Å². The van der Waals surface area contributed by atoms with Crippen LogP contribution in [0, 0.1) is 0 Å². The van der Waals surface area contributed by atoms with E-state index in [1.807, 2.05) is 19.2 Å². The zero-order valence-corrected chi connectivity index (χ0v) is 10.0. The Labute approximate surface area is 100 Å². The van der Waals surface area contributed by atoms with Crippen LogP contribution in [0.2, 0.25) is 0 Å². The smallest absolute Gasteiger partial charge is 0.135 e. The first-order chi connectivity index (χ1) is 8.35. The number of rotatable bonds is 5. The van der Waals surface area contributed by atoms with E-state index in [1.54, 1.807) is 12.6 Å². The summed E-state index contributed by atoms with van der Waals surface area (Å²) in [6.45, 7) is 2.71. The first-order valence-electron chi connectivity index (χ1n) is 5.63. The third kappa shape index (κ3) is 2.55. The molecule has 2 N–H and O–H groups in total. The Kier molecular flexibility index (Phi) is 3.59. The fourth-order valence-electron chi connectivity index (χ4n) is 1.70. The van der Waals surface area contributed by atoms with Gasteiger partial charge in [0.1, 0.15) is 23.7 Å². The maximum atomic E-state index is 5.26. The molecule has 0 aliphatic heterocycles. The molecule has 2 rings (SSSR count). The molecule has 2 aromatic heterocycles. The third-order valence-corrected chi connectivity index (χ3v) is 2.55. The summed E-state index contributed by atoms with van der Waals surface area (Å²) < 4.78 is 5.26. The van der Waals surface area contributed by atoms with Crippen molar-refractivity contribution in [2.75, 3.05) is 17.7 Å². The van der Waals surface area contributed by atoms with Gasteiger partial charge in [-0.15, -0.1) is 0 Å². The lowest BCUT2D eigenvalue weighted by molar-refractivity contribution is 0.517. The lowest BCUT2D eigenvalue weighted by Crippen LogP contribution is -2.07. The molecular weight excluding hydrogens is 216 g/mol. The molecule has 0 atom stereocenters. The maximum absolute atomic E-state index is 5.26. The highest BCUT2D eigenvalue weighted by atomic mass is 16.3. The molecule has 0 unspecified atom stereocenters. The summed E-state index contributed by atoms with van der Waals surface area (Å²) in [7, 11) is 1.86. The van der Waals surface area contributed by atoms with Crippen LogP contribution in [-0.4, -0.2) is 17.0 Å². The average molecular weight is 232 g/mol. The fourth-order valence-corrected chi connectivity index (χ4v) is 1.70. The largest absolute Gasteiger partial charge is 0.467 e. The molecule has 0 aliphatic rings. The van der Waals surface area contributed by atoms with E-state index in [0.717, 1.165) is 29.4 Å². The highest BCUT2D eigenvalue weighted by Crippen LogP contribution is 2.20. The Hall–Kier alpha value is -2.04. The number of hydrogen-bond donors (Lipinski definition) is 2. The molecule has 0 spiro atoms. The third-order valence-electron chi connectivity index (χ3n) is 2.55. The highest BCUT2D eigenvalue weighted by Gasteiger charge is 2.08. The summed E-state index contributed by atoms with van der Waals surface area (Å²) >= 11 is 0. The molecule has 17 heavy (non-hydrogen) atoms. The summed E-state index contributed by atoms with van der Waals surface area (Å²) in [4.78, 5) is 8.44. The van der Waals surface area contributed by atoms with Gasteiger partial charge in [-0.25, -0.2) is 9.97 Å². The van der Waals surface area contributed by atoms with Crippen LogP contribution >= 0.6 is 0 Å². The predicted molar refractivity (Wildman–Crippen MR) is 67.0 cm³/mol. The normalized spacial score (nSPS) is 10.2. The minimum atomic E-state index is 0.625. The molecule has 0 aliphatic carbocycles. The Morgan fingerprint density at radius 1 is 1.29 bits per heavy atom. The second kappa shape index (κ2) is 5.34. The lowest BCUT2D eigenvalue weighted by Gasteiger charge is -2.11. The number of hydrogen-bond acceptors (Lipinski definition) is 5. The second-order valence-corrected chi connectivity index (χ2v) is 3.59. The Bertz CT molecular complexity index is 467. The molecule has 0 amide bonds. The molecular formula is C12H16N4O. The van der Waals surface area contributed by atoms with E-state index in [9.17, 15) is 0 Å². The van der Waals surface area contributed by atoms with Gasteiger partial charge in [0.25, 0.3) is 0 Å².